The summed E-state index contributed by atoms with van der Waals surface area (Å²) in [6.07, 6.45) is -0.396. The van der Waals surface area contributed by atoms with Crippen LogP contribution in [0.15, 0.2) is 6.33 Å². The predicted molar refractivity (Wildman–Crippen MR) is 113 cm³/mol. The average molecular weight is 512 g/mol. The van der Waals surface area contributed by atoms with E-state index in [0.29, 0.717) is 11.3 Å². The van der Waals surface area contributed by atoms with Gasteiger partial charge >= 0.3 is 7.60 Å². The van der Waals surface area contributed by atoms with E-state index in [0.717, 1.165) is 25.7 Å². The van der Waals surface area contributed by atoms with Gasteiger partial charge in [0.25, 0.3) is 0 Å². The number of anilines is 1. The van der Waals surface area contributed by atoms with Gasteiger partial charge < -0.3 is 30.1 Å². The first-order chi connectivity index (χ1) is 14.9. The summed E-state index contributed by atoms with van der Waals surface area (Å²) in [5.41, 5.74) is -0.815. The second kappa shape index (κ2) is 8.76. The van der Waals surface area contributed by atoms with Crippen molar-refractivity contribution in [2.75, 3.05) is 16.6 Å². The quantitative estimate of drug-likeness (QED) is 0.247. The van der Waals surface area contributed by atoms with Crippen LogP contribution in [0.2, 0.25) is 5.28 Å². The molecule has 0 aromatic carbocycles. The third-order valence-corrected chi connectivity index (χ3v) is 9.41. The summed E-state index contributed by atoms with van der Waals surface area (Å²) >= 11 is 6.08. The molecule has 178 valence electrons. The minimum absolute atomic E-state index is 0.0754. The van der Waals surface area contributed by atoms with Crippen LogP contribution in [0.25, 0.3) is 11.2 Å². The molecule has 0 amide bonds. The molecule has 4 rings (SSSR count). The number of ether oxygens (including phenoxy) is 1. The number of sulfone groups is 1. The van der Waals surface area contributed by atoms with Crippen molar-refractivity contribution in [3.63, 3.8) is 0 Å². The molecule has 1 aliphatic carbocycles. The lowest BCUT2D eigenvalue weighted by molar-refractivity contribution is -0.0292. The standard InChI is InChI=1S/C16H23ClN5O8PS/c17-16-20-13(19-8-3-1-2-4-8)10-14(21-16)22(6-18-10)15-12(24)11(23)9(30-15)5-32(28,29)7-31(25,26)27/h6,8-9,11-12,15,23-24H,1-5,7H2,(H,19,20,21)(H2,25,26,27)/t9-,11-,12-,15-/m1/s1. The van der Waals surface area contributed by atoms with E-state index < -0.39 is 53.2 Å². The minimum atomic E-state index is -4.84. The van der Waals surface area contributed by atoms with Crippen LogP contribution in [-0.2, 0) is 19.1 Å². The highest BCUT2D eigenvalue weighted by molar-refractivity contribution is 7.97. The Hall–Kier alpha value is -1.38. The average Bonchev–Trinajstić information content (AvgIpc) is 3.36. The predicted octanol–water partition coefficient (Wildman–Crippen LogP) is 0.00340. The zero-order chi connectivity index (χ0) is 23.3. The Kier molecular flexibility index (Phi) is 6.51. The summed E-state index contributed by atoms with van der Waals surface area (Å²) in [7, 11) is -9.12. The molecular formula is C16H23ClN5O8PS. The van der Waals surface area contributed by atoms with Crippen molar-refractivity contribution >= 4 is 46.0 Å². The van der Waals surface area contributed by atoms with Gasteiger partial charge in [-0.15, -0.1) is 0 Å². The molecule has 1 saturated heterocycles. The molecule has 16 heteroatoms. The van der Waals surface area contributed by atoms with Crippen LogP contribution in [0.4, 0.5) is 5.82 Å². The molecule has 0 radical (unpaired) electrons. The van der Waals surface area contributed by atoms with Gasteiger partial charge in [0.2, 0.25) is 5.28 Å². The maximum Gasteiger partial charge on any atom is 0.340 e. The Morgan fingerprint density at radius 1 is 1.22 bits per heavy atom. The van der Waals surface area contributed by atoms with E-state index in [-0.39, 0.29) is 17.0 Å². The molecule has 1 aliphatic heterocycles. The Morgan fingerprint density at radius 3 is 2.56 bits per heavy atom. The highest BCUT2D eigenvalue weighted by Crippen LogP contribution is 2.38. The molecule has 32 heavy (non-hydrogen) atoms. The normalized spacial score (nSPS) is 27.4. The van der Waals surface area contributed by atoms with E-state index in [1.54, 1.807) is 0 Å². The molecule has 4 atom stereocenters. The molecule has 0 unspecified atom stereocenters. The summed E-state index contributed by atoms with van der Waals surface area (Å²) in [5, 5.41) is 24.0. The van der Waals surface area contributed by atoms with Gasteiger partial charge in [-0.3, -0.25) is 9.13 Å². The summed E-state index contributed by atoms with van der Waals surface area (Å²) in [4.78, 5) is 30.5. The van der Waals surface area contributed by atoms with E-state index in [2.05, 4.69) is 20.3 Å². The molecule has 5 N–H and O–H groups in total. The van der Waals surface area contributed by atoms with Crippen molar-refractivity contribution in [1.82, 2.24) is 19.5 Å². The SMILES string of the molecule is O=P(O)(O)CS(=O)(=O)C[C@H]1O[C@@H](n2cnc3c(NC4CCCC4)nc(Cl)nc32)[C@H](O)[C@@H]1O. The third-order valence-electron chi connectivity index (χ3n) is 5.48. The summed E-state index contributed by atoms with van der Waals surface area (Å²) in [5.74, 6) is -0.469. The van der Waals surface area contributed by atoms with Crippen molar-refractivity contribution in [3.8, 4) is 0 Å². The molecule has 2 aliphatic rings. The molecule has 2 aromatic rings. The van der Waals surface area contributed by atoms with Crippen molar-refractivity contribution in [2.24, 2.45) is 0 Å². The topological polar surface area (TPSA) is 197 Å². The van der Waals surface area contributed by atoms with Gasteiger partial charge in [-0.25, -0.2) is 13.4 Å². The van der Waals surface area contributed by atoms with Gasteiger partial charge in [0.1, 0.15) is 18.3 Å². The number of nitrogens with one attached hydrogen (secondary N) is 1. The maximum absolute atomic E-state index is 12.1. The van der Waals surface area contributed by atoms with Crippen molar-refractivity contribution in [3.05, 3.63) is 11.6 Å². The number of hydrogen-bond acceptors (Lipinski definition) is 10. The zero-order valence-corrected chi connectivity index (χ0v) is 19.1. The largest absolute Gasteiger partial charge is 0.387 e. The van der Waals surface area contributed by atoms with E-state index in [9.17, 15) is 23.2 Å². The summed E-state index contributed by atoms with van der Waals surface area (Å²) in [6.45, 7) is 0. The number of aliphatic hydroxyl groups is 2. The first kappa shape index (κ1) is 23.8. The van der Waals surface area contributed by atoms with E-state index in [4.69, 9.17) is 26.1 Å². The van der Waals surface area contributed by atoms with Gasteiger partial charge in [-0.1, -0.05) is 12.8 Å². The molecule has 0 bridgehead atoms. The molecule has 0 spiro atoms. The van der Waals surface area contributed by atoms with Crippen molar-refractivity contribution in [2.45, 2.75) is 56.3 Å². The molecule has 13 nitrogen and oxygen atoms in total. The lowest BCUT2D eigenvalue weighted by Gasteiger charge is -2.17. The van der Waals surface area contributed by atoms with Crippen LogP contribution in [0, 0.1) is 0 Å². The molecule has 1 saturated carbocycles. The molecule has 2 fully saturated rings. The van der Waals surface area contributed by atoms with Gasteiger partial charge in [0.15, 0.2) is 38.5 Å². The third kappa shape index (κ3) is 5.07. The van der Waals surface area contributed by atoms with Gasteiger partial charge in [-0.2, -0.15) is 9.97 Å². The van der Waals surface area contributed by atoms with Crippen LogP contribution in [0.1, 0.15) is 31.9 Å². The van der Waals surface area contributed by atoms with Crippen LogP contribution >= 0.6 is 19.2 Å². The number of imidazole rings is 1. The maximum atomic E-state index is 12.1. The summed E-state index contributed by atoms with van der Waals surface area (Å²) in [6, 6.07) is 0.216. The number of fused-ring (bicyclic) bond motifs is 1. The lowest BCUT2D eigenvalue weighted by Crippen LogP contribution is -2.35. The van der Waals surface area contributed by atoms with Crippen molar-refractivity contribution in [1.29, 1.82) is 0 Å². The van der Waals surface area contributed by atoms with Gasteiger partial charge in [0.05, 0.1) is 12.1 Å². The number of halogens is 1. The highest BCUT2D eigenvalue weighted by atomic mass is 35.5. The number of nitrogens with zero attached hydrogens (tertiary/aromatic N) is 4. The molecule has 3 heterocycles. The highest BCUT2D eigenvalue weighted by Gasteiger charge is 2.46. The fourth-order valence-electron chi connectivity index (χ4n) is 4.10. The Morgan fingerprint density at radius 2 is 1.91 bits per heavy atom. The smallest absolute Gasteiger partial charge is 0.340 e. The van der Waals surface area contributed by atoms with Crippen LogP contribution in [0.5, 0.6) is 0 Å². The first-order valence-electron chi connectivity index (χ1n) is 9.87. The Labute approximate surface area is 187 Å². The molecular weight excluding hydrogens is 489 g/mol. The van der Waals surface area contributed by atoms with Crippen molar-refractivity contribution < 1.29 is 37.7 Å². The summed E-state index contributed by atoms with van der Waals surface area (Å²) < 4.78 is 42.1. The first-order valence-corrected chi connectivity index (χ1v) is 13.9. The number of hydrogen-bond donors (Lipinski definition) is 5. The fraction of sp³-hybridized carbons (Fsp3) is 0.688. The van der Waals surface area contributed by atoms with Crippen LogP contribution in [0.3, 0.4) is 0 Å². The molecule has 2 aromatic heterocycles. The second-order valence-corrected chi connectivity index (χ2v) is 12.6. The monoisotopic (exact) mass is 511 g/mol. The van der Waals surface area contributed by atoms with Crippen LogP contribution in [-0.4, -0.2) is 83.5 Å². The lowest BCUT2D eigenvalue weighted by atomic mass is 10.1. The van der Waals surface area contributed by atoms with Crippen LogP contribution < -0.4 is 5.32 Å². The Balaban J connectivity index is 1.60. The van der Waals surface area contributed by atoms with E-state index in [1.807, 2.05) is 0 Å². The minimum Gasteiger partial charge on any atom is -0.387 e. The number of rotatable bonds is 7. The van der Waals surface area contributed by atoms with E-state index >= 15 is 0 Å². The van der Waals surface area contributed by atoms with E-state index in [1.165, 1.54) is 10.9 Å². The number of aliphatic hydroxyl groups excluding tert-OH is 2. The second-order valence-electron chi connectivity index (χ2n) is 8.04. The van der Waals surface area contributed by atoms with Gasteiger partial charge in [0, 0.05) is 6.04 Å². The van der Waals surface area contributed by atoms with Gasteiger partial charge in [-0.05, 0) is 24.4 Å². The zero-order valence-electron chi connectivity index (χ0n) is 16.7. The Bertz CT molecular complexity index is 1150. The fourth-order valence-corrected chi connectivity index (χ4v) is 7.51. The number of aromatic nitrogens is 4.